The predicted octanol–water partition coefficient (Wildman–Crippen LogP) is 3.41. The Morgan fingerprint density at radius 2 is 2.05 bits per heavy atom. The van der Waals surface area contributed by atoms with Crippen molar-refractivity contribution in [3.8, 4) is 0 Å². The molecule has 4 nitrogen and oxygen atoms in total. The van der Waals surface area contributed by atoms with Crippen LogP contribution in [-0.2, 0) is 9.59 Å². The number of carboxylic acids is 1. The number of carboxylic acid groups (broad SMARTS) is 1. The van der Waals surface area contributed by atoms with Crippen molar-refractivity contribution in [2.45, 2.75) is 44.6 Å². The van der Waals surface area contributed by atoms with Crippen molar-refractivity contribution in [3.63, 3.8) is 0 Å². The molecule has 0 radical (unpaired) electrons. The molecule has 0 bridgehead atoms. The molecule has 2 atom stereocenters. The molecular weight excluding hydrogens is 334 g/mol. The molecule has 0 aliphatic carbocycles. The summed E-state index contributed by atoms with van der Waals surface area (Å²) in [5, 5.41) is 8.92. The van der Waals surface area contributed by atoms with Gasteiger partial charge in [0, 0.05) is 23.5 Å². The number of carbonyl (C=O) groups is 2. The van der Waals surface area contributed by atoms with E-state index in [0.29, 0.717) is 13.0 Å². The van der Waals surface area contributed by atoms with Crippen molar-refractivity contribution in [1.82, 2.24) is 4.90 Å². The molecule has 2 unspecified atom stereocenters. The van der Waals surface area contributed by atoms with Crippen LogP contribution in [0.4, 0.5) is 0 Å². The SMILES string of the molecule is CC(CC(=O)N1CCCC1CC(=O)O)c1ccc(Br)cc1. The van der Waals surface area contributed by atoms with Crippen molar-refractivity contribution in [3.05, 3.63) is 34.3 Å². The minimum absolute atomic E-state index is 0.0540. The molecule has 1 aromatic rings. The third kappa shape index (κ3) is 4.30. The molecule has 1 N–H and O–H groups in total. The van der Waals surface area contributed by atoms with Gasteiger partial charge >= 0.3 is 5.97 Å². The molecule has 0 aromatic heterocycles. The molecule has 0 saturated carbocycles. The van der Waals surface area contributed by atoms with E-state index in [4.69, 9.17) is 5.11 Å². The van der Waals surface area contributed by atoms with E-state index in [1.807, 2.05) is 31.2 Å². The van der Waals surface area contributed by atoms with Gasteiger partial charge in [0.05, 0.1) is 6.42 Å². The minimum Gasteiger partial charge on any atom is -0.481 e. The molecule has 2 rings (SSSR count). The third-order valence-electron chi connectivity index (χ3n) is 4.03. The number of rotatable bonds is 5. The number of aliphatic carboxylic acids is 1. The molecule has 1 saturated heterocycles. The summed E-state index contributed by atoms with van der Waals surface area (Å²) in [6.45, 7) is 2.72. The predicted molar refractivity (Wildman–Crippen MR) is 84.2 cm³/mol. The van der Waals surface area contributed by atoms with E-state index in [1.54, 1.807) is 4.90 Å². The fraction of sp³-hybridized carbons (Fsp3) is 0.500. The van der Waals surface area contributed by atoms with Gasteiger partial charge in [-0.25, -0.2) is 0 Å². The Morgan fingerprint density at radius 3 is 2.67 bits per heavy atom. The number of hydrogen-bond acceptors (Lipinski definition) is 2. The lowest BCUT2D eigenvalue weighted by Gasteiger charge is -2.25. The van der Waals surface area contributed by atoms with Crippen LogP contribution in [0.15, 0.2) is 28.7 Å². The summed E-state index contributed by atoms with van der Waals surface area (Å²) >= 11 is 3.40. The highest BCUT2D eigenvalue weighted by atomic mass is 79.9. The van der Waals surface area contributed by atoms with Crippen LogP contribution in [0.25, 0.3) is 0 Å². The van der Waals surface area contributed by atoms with E-state index >= 15 is 0 Å². The Hall–Kier alpha value is -1.36. The van der Waals surface area contributed by atoms with Gasteiger partial charge in [0.2, 0.25) is 5.91 Å². The zero-order chi connectivity index (χ0) is 15.4. The summed E-state index contributed by atoms with van der Waals surface area (Å²) < 4.78 is 1.02. The van der Waals surface area contributed by atoms with Gasteiger partial charge in [-0.05, 0) is 36.5 Å². The molecule has 5 heteroatoms. The molecule has 1 heterocycles. The Kier molecular flexibility index (Phi) is 5.39. The Balaban J connectivity index is 1.96. The molecule has 1 aromatic carbocycles. The fourth-order valence-corrected chi connectivity index (χ4v) is 3.13. The van der Waals surface area contributed by atoms with Crippen molar-refractivity contribution in [1.29, 1.82) is 0 Å². The Labute approximate surface area is 133 Å². The number of amides is 1. The first-order chi connectivity index (χ1) is 9.97. The van der Waals surface area contributed by atoms with Crippen LogP contribution in [0.5, 0.6) is 0 Å². The number of halogens is 1. The summed E-state index contributed by atoms with van der Waals surface area (Å²) in [6.07, 6.45) is 2.18. The largest absolute Gasteiger partial charge is 0.481 e. The van der Waals surface area contributed by atoms with Crippen molar-refractivity contribution < 1.29 is 14.7 Å². The number of hydrogen-bond donors (Lipinski definition) is 1. The standard InChI is InChI=1S/C16H20BrNO3/c1-11(12-4-6-13(17)7-5-12)9-15(19)18-8-2-3-14(18)10-16(20)21/h4-7,11,14H,2-3,8-10H2,1H3,(H,20,21). The van der Waals surface area contributed by atoms with Gasteiger partial charge in [0.1, 0.15) is 0 Å². The minimum atomic E-state index is -0.833. The van der Waals surface area contributed by atoms with Gasteiger partial charge < -0.3 is 10.0 Å². The normalized spacial score (nSPS) is 19.5. The summed E-state index contributed by atoms with van der Waals surface area (Å²) in [7, 11) is 0. The quantitative estimate of drug-likeness (QED) is 0.882. The summed E-state index contributed by atoms with van der Waals surface area (Å²) in [4.78, 5) is 25.0. The zero-order valence-corrected chi connectivity index (χ0v) is 13.7. The smallest absolute Gasteiger partial charge is 0.305 e. The van der Waals surface area contributed by atoms with Gasteiger partial charge in [0.25, 0.3) is 0 Å². The molecule has 1 fully saturated rings. The van der Waals surface area contributed by atoms with E-state index in [-0.39, 0.29) is 24.3 Å². The molecule has 21 heavy (non-hydrogen) atoms. The van der Waals surface area contributed by atoms with Gasteiger partial charge in [-0.15, -0.1) is 0 Å². The molecule has 1 aliphatic rings. The van der Waals surface area contributed by atoms with E-state index < -0.39 is 5.97 Å². The van der Waals surface area contributed by atoms with Crippen LogP contribution in [0.1, 0.15) is 44.1 Å². The Bertz CT molecular complexity index is 515. The molecule has 0 spiro atoms. The third-order valence-corrected chi connectivity index (χ3v) is 4.56. The van der Waals surface area contributed by atoms with Crippen molar-refractivity contribution in [2.24, 2.45) is 0 Å². The first kappa shape index (κ1) is 16.0. The fourth-order valence-electron chi connectivity index (χ4n) is 2.87. The van der Waals surface area contributed by atoms with Crippen LogP contribution in [0, 0.1) is 0 Å². The van der Waals surface area contributed by atoms with Crippen LogP contribution in [0.3, 0.4) is 0 Å². The second-order valence-electron chi connectivity index (χ2n) is 5.64. The van der Waals surface area contributed by atoms with Gasteiger partial charge in [-0.2, -0.15) is 0 Å². The number of carbonyl (C=O) groups excluding carboxylic acids is 1. The van der Waals surface area contributed by atoms with Crippen LogP contribution in [-0.4, -0.2) is 34.5 Å². The van der Waals surface area contributed by atoms with Crippen LogP contribution < -0.4 is 0 Å². The molecular formula is C16H20BrNO3. The highest BCUT2D eigenvalue weighted by molar-refractivity contribution is 9.10. The summed E-state index contributed by atoms with van der Waals surface area (Å²) in [6, 6.07) is 7.84. The van der Waals surface area contributed by atoms with Crippen molar-refractivity contribution in [2.75, 3.05) is 6.54 Å². The topological polar surface area (TPSA) is 57.6 Å². The monoisotopic (exact) mass is 353 g/mol. The number of benzene rings is 1. The average Bonchev–Trinajstić information content (AvgIpc) is 2.86. The molecule has 114 valence electrons. The second kappa shape index (κ2) is 7.07. The number of nitrogens with zero attached hydrogens (tertiary/aromatic N) is 1. The Morgan fingerprint density at radius 1 is 1.38 bits per heavy atom. The lowest BCUT2D eigenvalue weighted by Crippen LogP contribution is -2.37. The maximum Gasteiger partial charge on any atom is 0.305 e. The summed E-state index contributed by atoms with van der Waals surface area (Å²) in [5.74, 6) is -0.633. The molecule has 1 amide bonds. The van der Waals surface area contributed by atoms with E-state index in [9.17, 15) is 9.59 Å². The van der Waals surface area contributed by atoms with Crippen LogP contribution in [0.2, 0.25) is 0 Å². The zero-order valence-electron chi connectivity index (χ0n) is 12.1. The molecule has 1 aliphatic heterocycles. The van der Waals surface area contributed by atoms with E-state index in [2.05, 4.69) is 15.9 Å². The van der Waals surface area contributed by atoms with Gasteiger partial charge in [-0.3, -0.25) is 9.59 Å². The first-order valence-electron chi connectivity index (χ1n) is 7.24. The summed E-state index contributed by atoms with van der Waals surface area (Å²) in [5.41, 5.74) is 1.13. The van der Waals surface area contributed by atoms with Gasteiger partial charge in [0.15, 0.2) is 0 Å². The lowest BCUT2D eigenvalue weighted by molar-refractivity contribution is -0.140. The van der Waals surface area contributed by atoms with Crippen LogP contribution >= 0.6 is 15.9 Å². The van der Waals surface area contributed by atoms with Gasteiger partial charge in [-0.1, -0.05) is 35.0 Å². The first-order valence-corrected chi connectivity index (χ1v) is 8.03. The second-order valence-corrected chi connectivity index (χ2v) is 6.55. The lowest BCUT2D eigenvalue weighted by atomic mass is 9.97. The maximum absolute atomic E-state index is 12.4. The van der Waals surface area contributed by atoms with Crippen molar-refractivity contribution >= 4 is 27.8 Å². The highest BCUT2D eigenvalue weighted by Crippen LogP contribution is 2.26. The number of likely N-dealkylation sites (tertiary alicyclic amines) is 1. The van der Waals surface area contributed by atoms with E-state index in [1.165, 1.54) is 0 Å². The highest BCUT2D eigenvalue weighted by Gasteiger charge is 2.30. The van der Waals surface area contributed by atoms with E-state index in [0.717, 1.165) is 22.9 Å². The average molecular weight is 354 g/mol. The maximum atomic E-state index is 12.4.